The molecule has 35 heteroatoms. The number of aliphatic hydroxyl groups excluding tert-OH is 5. The van der Waals surface area contributed by atoms with Gasteiger partial charge in [0.05, 0.1) is 98.0 Å². The smallest absolute Gasteiger partial charge is 0.153 e. The van der Waals surface area contributed by atoms with Gasteiger partial charge in [-0.3, -0.25) is 0 Å². The van der Waals surface area contributed by atoms with Crippen molar-refractivity contribution in [1.29, 1.82) is 2.25 Å². The summed E-state index contributed by atoms with van der Waals surface area (Å²) >= 11 is -2.15. The van der Waals surface area contributed by atoms with Gasteiger partial charge >= 0.3 is 61.0 Å². The van der Waals surface area contributed by atoms with Crippen LogP contribution in [-0.2, 0) is 51.1 Å². The molecule has 16 nitrogen and oxygen atoms in total. The first kappa shape index (κ1) is 65.5. The summed E-state index contributed by atoms with van der Waals surface area (Å²) in [4.78, 5) is 10.3. The Morgan fingerprint density at radius 1 is 0.505 bits per heavy atom. The molecule has 3 unspecified atom stereocenters. The number of aliphatic hydroxyl groups is 5. The summed E-state index contributed by atoms with van der Waals surface area (Å²) in [5.41, 5.74) is -12.5. The molecule has 95 heavy (non-hydrogen) atoms. The SMILES string of the molecule is CC[C@H]1O[C@@H](O)[C@](C)(F)[C@@H]1C.[2HH].[2HH].[2HH].[2HH].[2H]S(=[B])OC.[2H]S(=[B])OC.[2H][2H].[2H][2H].[2H][2H].[2H][2H].[2H][2H].[2H][2H].[2H][2H].[2H][2H].[2H][2H].[2H][2H].[2H][2H].[2H][2H].[2H][2H].[2H][2H].[2H][2H].[2H][2H].[3H]C[C@H]1O[C@@H]([B])[C@](C)(F)[C@@H]1C.[3H]C[C@H]1O[C@@H]([B])[C@](C)(F)[C@@H]1C.[B][C@@H]1O[C@H](C(C)O)[C@@H](C)[C@@]1(C)F.[B][C@@H]1O[C@H](C=O)[C@@H](C)[C@@]1(C)F.[B][C@@H]1O[C@H](CC)[C@@H](C)[C@@]1(C)F.[B][C@@H]1O[C@H](CO)[C@@H](C)[C@@]1(C)F.[B][C@@H]1O[C@H](CO)[C@@H](O)[C@@]1(C)F. The Morgan fingerprint density at radius 2 is 0.789 bits per heavy atom. The third-order valence-corrected chi connectivity index (χ3v) is 20.2. The predicted octanol–water partition coefficient (Wildman–Crippen LogP) is 11.0. The second-order valence-corrected chi connectivity index (χ2v) is 27.4. The van der Waals surface area contributed by atoms with Crippen molar-refractivity contribution in [2.45, 2.75) is 306 Å². The van der Waals surface area contributed by atoms with Gasteiger partial charge in [-0.05, 0) is 89.0 Å². The fraction of sp³-hybridized carbons (Fsp3) is 0.983. The van der Waals surface area contributed by atoms with Crippen LogP contribution in [0.25, 0.3) is 0 Å². The van der Waals surface area contributed by atoms with E-state index in [4.69, 9.17) is 179 Å². The number of ether oxygens (including phenoxy) is 8. The van der Waals surface area contributed by atoms with Gasteiger partial charge < -0.3 is 68.2 Å². The van der Waals surface area contributed by atoms with Gasteiger partial charge in [0.25, 0.3) is 0 Å². The van der Waals surface area contributed by atoms with E-state index in [1.165, 1.54) is 62.7 Å². The van der Waals surface area contributed by atoms with Crippen LogP contribution in [0.2, 0.25) is 0 Å². The van der Waals surface area contributed by atoms with Gasteiger partial charge in [0.2, 0.25) is 0 Å². The molecule has 0 aromatic carbocycles. The van der Waals surface area contributed by atoms with Crippen molar-refractivity contribution in [2.24, 2.45) is 41.4 Å². The van der Waals surface area contributed by atoms with E-state index in [-0.39, 0.29) is 86.0 Å². The molecule has 8 aliphatic rings. The minimum Gasteiger partial charge on any atom is -0.394 e. The number of rotatable bonds is 8. The van der Waals surface area contributed by atoms with E-state index in [1.807, 2.05) is 20.8 Å². The zero-order chi connectivity index (χ0) is 111. The Labute approximate surface area is 641 Å². The Hall–Kier alpha value is -0.206. The normalized spacial score (nSPS) is 51.0. The molecule has 0 spiro atoms. The molecule has 0 bridgehead atoms. The van der Waals surface area contributed by atoms with E-state index in [0.29, 0.717) is 6.29 Å². The van der Waals surface area contributed by atoms with Crippen molar-refractivity contribution >= 4 is 97.4 Å². The molecule has 8 fully saturated rings. The molecule has 0 aromatic rings. The number of thiol groups is 2. The first-order valence-electron chi connectivity index (χ1n) is 49.5. The molecule has 5 N–H and O–H groups in total. The molecule has 0 amide bonds. The van der Waals surface area contributed by atoms with E-state index in [2.05, 4.69) is 8.37 Å². The summed E-state index contributed by atoms with van der Waals surface area (Å²) in [6.45, 7) is 37.7. The van der Waals surface area contributed by atoms with Crippen molar-refractivity contribution in [3.05, 3.63) is 0 Å². The minimum atomic E-state index is -1.96. The van der Waals surface area contributed by atoms with E-state index in [9.17, 15) is 45.0 Å². The number of aldehydes is 1. The summed E-state index contributed by atoms with van der Waals surface area (Å²) in [5, 5.41) is 44.8. The Bertz CT molecular complexity index is 2190. The van der Waals surface area contributed by atoms with Crippen LogP contribution < -0.4 is 0 Å². The van der Waals surface area contributed by atoms with Crippen LogP contribution in [-0.4, -0.2) is 285 Å². The van der Waals surface area contributed by atoms with Crippen LogP contribution in [0.5, 0.6) is 0 Å². The number of carbonyl (C=O) groups excluding carboxylic acids is 1. The van der Waals surface area contributed by atoms with Gasteiger partial charge in [0.15, 0.2) is 17.6 Å². The Kier molecular flexibility index (Phi) is 28.5. The van der Waals surface area contributed by atoms with Gasteiger partial charge in [-0.15, -0.1) is 0 Å². The number of carbonyl (C=O) groups is 1. The van der Waals surface area contributed by atoms with E-state index >= 15 is 0 Å². The topological polar surface area (TPSA) is 211 Å². The van der Waals surface area contributed by atoms with Crippen LogP contribution in [0, 0.1) is 41.4 Å². The maximum atomic E-state index is 13.6. The van der Waals surface area contributed by atoms with Crippen LogP contribution in [0.1, 0.15) is 207 Å². The number of hydrogen-bond acceptors (Lipinski definition) is 16. The van der Waals surface area contributed by atoms with Gasteiger partial charge in [-0.2, -0.15) is 0 Å². The van der Waals surface area contributed by atoms with E-state index < -0.39 is 166 Å². The maximum Gasteiger partial charge on any atom is 0.153 e. The molecule has 0 aromatic heterocycles. The predicted molar refractivity (Wildman–Crippen MR) is 408 cm³/mol. The molecular formula is C60H147B9F8O16S2. The molecule has 8 aliphatic heterocycles. The van der Waals surface area contributed by atoms with Gasteiger partial charge in [-0.1, -0.05) is 62.3 Å². The Balaban J connectivity index is -0.0000000509. The summed E-state index contributed by atoms with van der Waals surface area (Å²) in [5.74, 6) is -2.06. The molecule has 0 aliphatic carbocycles. The molecule has 0 saturated carbocycles. The summed E-state index contributed by atoms with van der Waals surface area (Å²) < 4.78 is 343. The third kappa shape index (κ3) is 25.6. The third-order valence-electron chi connectivity index (χ3n) is 19.8. The quantitative estimate of drug-likeness (QED) is 0.0522. The monoisotopic (exact) mass is 1480 g/mol. The summed E-state index contributed by atoms with van der Waals surface area (Å²) in [6.07, 6.45) is -4.50. The van der Waals surface area contributed by atoms with E-state index in [0.717, 1.165) is 19.8 Å². The average molecular weight is 1480 g/mol. The van der Waals surface area contributed by atoms with Crippen LogP contribution >= 0.6 is 22.7 Å². The van der Waals surface area contributed by atoms with Gasteiger partial charge in [-0.25, -0.2) is 35.1 Å². The summed E-state index contributed by atoms with van der Waals surface area (Å²) in [7, 11) is 40.3. The van der Waals surface area contributed by atoms with Gasteiger partial charge in [0, 0.05) is 97.4 Å². The fourth-order valence-electron chi connectivity index (χ4n) is 10.1. The second kappa shape index (κ2) is 41.3. The van der Waals surface area contributed by atoms with Gasteiger partial charge in [0.1, 0.15) is 114 Å². The van der Waals surface area contributed by atoms with Crippen LogP contribution in [0.4, 0.5) is 35.1 Å². The van der Waals surface area contributed by atoms with Crippen molar-refractivity contribution in [3.63, 3.8) is 0 Å². The van der Waals surface area contributed by atoms with Crippen molar-refractivity contribution < 1.29 is 168 Å². The van der Waals surface area contributed by atoms with E-state index in [1.54, 1.807) is 48.5 Å². The average Bonchev–Trinajstić information content (AvgIpc) is 1.63. The molecule has 16 radical (unpaired) electrons. The largest absolute Gasteiger partial charge is 0.394 e. The minimum absolute atomic E-state index is 0. The molecule has 578 valence electrons. The zero-order valence-electron chi connectivity index (χ0n) is 95.0. The molecule has 35 atom stereocenters. The molecule has 8 saturated heterocycles. The Morgan fingerprint density at radius 3 is 0.926 bits per heavy atom. The molecule has 8 rings (SSSR count). The van der Waals surface area contributed by atoms with Crippen LogP contribution in [0.3, 0.4) is 0 Å². The standard InChI is InChI=1S/C8H14BFO2.C8H14BFO.C8H15FO2.C7H12BFO2.C7H10BFO2.2C7H12BFO.C6H10BFO3.2CH4BOS.20H2/c1-4-6(5(2)11)12-7(9)8(4,3)10;1-4-6-5(2)8(3,10)7(9)11-6;1-4-6-5(2)8(3,9)7(10)11-6;2*1-4-5(3-10)11-6(8)7(4,2)9;2*1-4-5(2)10-6(8)7(4,3)9;1-6(8)4(10)3(2-9)11-5(6)7;2*1-3-4-2;;;;;;;;;;;;;;;;;;;;/h4-7,11H,1-3H3;5-7H,4H2,1-3H3;5-7,10H,4H2,1-3H3;4-6,10H,3H2,1-2H3;3-6H,1-2H3;2*4-6H,1-3H3;3-5,9-10H,2H2,1H3;2*4H,1H3;20*1H/t4-,5?,6+,7-,8-;2*5-,6-,7-,8-;4*4-,5-,6-,7-;3-,4-,5-,6-;;;;;;;;;;;;;;;;;;;;;;/m11111111....................../s1/i;;;;;2*2T;;2*4D;16*1+1D;4*1+1. The maximum absolute atomic E-state index is 13.6. The molecule has 8 heterocycles. The zero-order valence-corrected chi connectivity index (χ0v) is 60.6. The first-order chi connectivity index (χ1) is 60.9. The first-order valence-corrected chi connectivity index (χ1v) is 32.9. The second-order valence-electron chi connectivity index (χ2n) is 26.3. The van der Waals surface area contributed by atoms with Crippen molar-refractivity contribution in [1.82, 2.24) is 0 Å². The molecular weight excluding hydrogens is 1290 g/mol. The fourth-order valence-corrected chi connectivity index (χ4v) is 10.1. The number of alkyl halides is 8. The summed E-state index contributed by atoms with van der Waals surface area (Å²) in [6, 6.07) is -6.45. The number of hydrogen-bond donors (Lipinski definition) is 7. The van der Waals surface area contributed by atoms with Crippen LogP contribution in [0.15, 0.2) is 0 Å². The van der Waals surface area contributed by atoms with Crippen molar-refractivity contribution in [2.75, 3.05) is 27.4 Å². The van der Waals surface area contributed by atoms with Crippen molar-refractivity contribution in [3.8, 4) is 0 Å². The number of halogens is 8.